The van der Waals surface area contributed by atoms with Gasteiger partial charge in [-0.3, -0.25) is 4.79 Å². The van der Waals surface area contributed by atoms with E-state index in [9.17, 15) is 4.79 Å². The molecule has 2 aromatic carbocycles. The summed E-state index contributed by atoms with van der Waals surface area (Å²) in [6, 6.07) is 10.8. The van der Waals surface area contributed by atoms with Crippen LogP contribution in [0, 0.1) is 0 Å². The van der Waals surface area contributed by atoms with Crippen LogP contribution in [-0.2, 0) is 12.8 Å². The number of carbonyl (C=O) groups excluding carboxylic acids is 1. The Balaban J connectivity index is 2.42. The van der Waals surface area contributed by atoms with Gasteiger partial charge in [-0.2, -0.15) is 0 Å². The minimum Gasteiger partial charge on any atom is -0.298 e. The third-order valence-electron chi connectivity index (χ3n) is 3.88. The van der Waals surface area contributed by atoms with Gasteiger partial charge in [0.25, 0.3) is 0 Å². The number of fused-ring (bicyclic) bond motifs is 1. The SMILES string of the molecule is CCCCc1ccc2c(CCCC)cc(C=O)cc2c1. The Morgan fingerprint density at radius 2 is 1.70 bits per heavy atom. The highest BCUT2D eigenvalue weighted by Crippen LogP contribution is 2.24. The number of carbonyl (C=O) groups is 1. The van der Waals surface area contributed by atoms with Crippen LogP contribution in [0.3, 0.4) is 0 Å². The molecule has 0 saturated carbocycles. The second kappa shape index (κ2) is 7.23. The van der Waals surface area contributed by atoms with Gasteiger partial charge in [0.2, 0.25) is 0 Å². The standard InChI is InChI=1S/C19H24O/c1-3-5-7-15-9-10-19-17(8-6-4-2)12-16(14-20)13-18(19)11-15/h9-14H,3-8H2,1-2H3. The third-order valence-corrected chi connectivity index (χ3v) is 3.88. The molecule has 0 aromatic heterocycles. The van der Waals surface area contributed by atoms with Crippen LogP contribution in [0.2, 0.25) is 0 Å². The van der Waals surface area contributed by atoms with Crippen LogP contribution in [0.4, 0.5) is 0 Å². The van der Waals surface area contributed by atoms with E-state index < -0.39 is 0 Å². The smallest absolute Gasteiger partial charge is 0.150 e. The molecule has 1 heteroatoms. The van der Waals surface area contributed by atoms with Crippen LogP contribution < -0.4 is 0 Å². The Bertz CT molecular complexity index is 584. The molecule has 0 radical (unpaired) electrons. The highest BCUT2D eigenvalue weighted by atomic mass is 16.1. The molecule has 106 valence electrons. The molecule has 0 unspecified atom stereocenters. The number of benzene rings is 2. The topological polar surface area (TPSA) is 17.1 Å². The van der Waals surface area contributed by atoms with Gasteiger partial charge in [-0.1, -0.05) is 44.9 Å². The predicted molar refractivity (Wildman–Crippen MR) is 86.6 cm³/mol. The zero-order valence-electron chi connectivity index (χ0n) is 12.6. The van der Waals surface area contributed by atoms with Crippen molar-refractivity contribution < 1.29 is 4.79 Å². The summed E-state index contributed by atoms with van der Waals surface area (Å²) >= 11 is 0. The lowest BCUT2D eigenvalue weighted by Gasteiger charge is -2.09. The van der Waals surface area contributed by atoms with Gasteiger partial charge in [-0.05, 0) is 59.7 Å². The molecule has 1 nitrogen and oxygen atoms in total. The van der Waals surface area contributed by atoms with Crippen molar-refractivity contribution in [1.29, 1.82) is 0 Å². The van der Waals surface area contributed by atoms with Crippen LogP contribution >= 0.6 is 0 Å². The van der Waals surface area contributed by atoms with E-state index in [1.807, 2.05) is 6.07 Å². The molecule has 2 rings (SSSR count). The van der Waals surface area contributed by atoms with Crippen molar-refractivity contribution in [2.45, 2.75) is 52.4 Å². The molecule has 0 bridgehead atoms. The molecule has 0 aliphatic carbocycles. The normalized spacial score (nSPS) is 10.9. The number of hydrogen-bond donors (Lipinski definition) is 0. The average Bonchev–Trinajstić information content (AvgIpc) is 2.49. The van der Waals surface area contributed by atoms with Gasteiger partial charge in [0.15, 0.2) is 0 Å². The summed E-state index contributed by atoms with van der Waals surface area (Å²) < 4.78 is 0. The van der Waals surface area contributed by atoms with E-state index in [1.165, 1.54) is 47.6 Å². The predicted octanol–water partition coefficient (Wildman–Crippen LogP) is 5.34. The number of hydrogen-bond acceptors (Lipinski definition) is 1. The summed E-state index contributed by atoms with van der Waals surface area (Å²) in [5.41, 5.74) is 3.49. The quantitative estimate of drug-likeness (QED) is 0.620. The van der Waals surface area contributed by atoms with E-state index in [0.717, 1.165) is 24.7 Å². The van der Waals surface area contributed by atoms with Crippen molar-refractivity contribution in [3.8, 4) is 0 Å². The zero-order chi connectivity index (χ0) is 14.4. The molecule has 0 N–H and O–H groups in total. The lowest BCUT2D eigenvalue weighted by atomic mass is 9.95. The maximum absolute atomic E-state index is 11.1. The maximum Gasteiger partial charge on any atom is 0.150 e. The lowest BCUT2D eigenvalue weighted by molar-refractivity contribution is 0.112. The number of aldehydes is 1. The summed E-state index contributed by atoms with van der Waals surface area (Å²) in [5, 5.41) is 2.53. The van der Waals surface area contributed by atoms with Gasteiger partial charge in [0.05, 0.1) is 0 Å². The maximum atomic E-state index is 11.1. The van der Waals surface area contributed by atoms with Crippen LogP contribution in [0.15, 0.2) is 30.3 Å². The van der Waals surface area contributed by atoms with Gasteiger partial charge in [-0.15, -0.1) is 0 Å². The van der Waals surface area contributed by atoms with Gasteiger partial charge >= 0.3 is 0 Å². The first-order chi connectivity index (χ1) is 9.78. The Morgan fingerprint density at radius 3 is 2.40 bits per heavy atom. The highest BCUT2D eigenvalue weighted by molar-refractivity contribution is 5.92. The molecular formula is C19H24O. The Labute approximate surface area is 122 Å². The fourth-order valence-electron chi connectivity index (χ4n) is 2.70. The molecule has 0 fully saturated rings. The fourth-order valence-corrected chi connectivity index (χ4v) is 2.70. The Morgan fingerprint density at radius 1 is 0.950 bits per heavy atom. The van der Waals surface area contributed by atoms with Crippen molar-refractivity contribution in [3.63, 3.8) is 0 Å². The molecule has 2 aromatic rings. The van der Waals surface area contributed by atoms with Gasteiger partial charge in [0.1, 0.15) is 6.29 Å². The highest BCUT2D eigenvalue weighted by Gasteiger charge is 2.05. The molecule has 0 heterocycles. The average molecular weight is 268 g/mol. The van der Waals surface area contributed by atoms with Crippen LogP contribution in [0.25, 0.3) is 10.8 Å². The molecule has 0 spiro atoms. The monoisotopic (exact) mass is 268 g/mol. The first kappa shape index (κ1) is 14.8. The van der Waals surface area contributed by atoms with Crippen LogP contribution in [-0.4, -0.2) is 6.29 Å². The minimum absolute atomic E-state index is 0.802. The second-order valence-electron chi connectivity index (χ2n) is 5.56. The summed E-state index contributed by atoms with van der Waals surface area (Å²) in [5.74, 6) is 0. The molecule has 0 atom stereocenters. The largest absolute Gasteiger partial charge is 0.298 e. The van der Waals surface area contributed by atoms with E-state index in [-0.39, 0.29) is 0 Å². The van der Waals surface area contributed by atoms with Gasteiger partial charge in [-0.25, -0.2) is 0 Å². The molecule has 0 amide bonds. The van der Waals surface area contributed by atoms with Crippen LogP contribution in [0.5, 0.6) is 0 Å². The second-order valence-corrected chi connectivity index (χ2v) is 5.56. The molecule has 0 aliphatic rings. The first-order valence-electron chi connectivity index (χ1n) is 7.79. The van der Waals surface area contributed by atoms with E-state index in [2.05, 4.69) is 38.1 Å². The molecule has 0 aliphatic heterocycles. The first-order valence-corrected chi connectivity index (χ1v) is 7.79. The van der Waals surface area contributed by atoms with E-state index >= 15 is 0 Å². The van der Waals surface area contributed by atoms with Gasteiger partial charge in [0, 0.05) is 5.56 Å². The number of aryl methyl sites for hydroxylation is 2. The Kier molecular flexibility index (Phi) is 5.34. The van der Waals surface area contributed by atoms with Crippen molar-refractivity contribution in [3.05, 3.63) is 47.0 Å². The minimum atomic E-state index is 0.802. The summed E-state index contributed by atoms with van der Waals surface area (Å²) in [4.78, 5) is 11.1. The van der Waals surface area contributed by atoms with Crippen molar-refractivity contribution in [2.75, 3.05) is 0 Å². The van der Waals surface area contributed by atoms with Crippen molar-refractivity contribution in [2.24, 2.45) is 0 Å². The summed E-state index contributed by atoms with van der Waals surface area (Å²) in [6.45, 7) is 4.42. The number of rotatable bonds is 7. The van der Waals surface area contributed by atoms with E-state index in [1.54, 1.807) is 0 Å². The zero-order valence-corrected chi connectivity index (χ0v) is 12.6. The van der Waals surface area contributed by atoms with Crippen molar-refractivity contribution in [1.82, 2.24) is 0 Å². The van der Waals surface area contributed by atoms with E-state index in [0.29, 0.717) is 0 Å². The fraction of sp³-hybridized carbons (Fsp3) is 0.421. The molecule has 20 heavy (non-hydrogen) atoms. The molecular weight excluding hydrogens is 244 g/mol. The summed E-state index contributed by atoms with van der Waals surface area (Å²) in [7, 11) is 0. The van der Waals surface area contributed by atoms with Crippen molar-refractivity contribution >= 4 is 17.1 Å². The Hall–Kier alpha value is -1.63. The van der Waals surface area contributed by atoms with Gasteiger partial charge < -0.3 is 0 Å². The van der Waals surface area contributed by atoms with Crippen LogP contribution in [0.1, 0.15) is 61.0 Å². The number of unbranched alkanes of at least 4 members (excludes halogenated alkanes) is 2. The third kappa shape index (κ3) is 3.47. The van der Waals surface area contributed by atoms with E-state index in [4.69, 9.17) is 0 Å². The summed E-state index contributed by atoms with van der Waals surface area (Å²) in [6.07, 6.45) is 7.95. The molecule has 0 saturated heterocycles. The lowest BCUT2D eigenvalue weighted by Crippen LogP contribution is -1.93.